The van der Waals surface area contributed by atoms with E-state index >= 15 is 0 Å². The molecule has 0 radical (unpaired) electrons. The van der Waals surface area contributed by atoms with Gasteiger partial charge in [0.25, 0.3) is 0 Å². The minimum Gasteiger partial charge on any atom is -0.296 e. The van der Waals surface area contributed by atoms with Crippen LogP contribution in [-0.2, 0) is 13.1 Å². The molecule has 3 aromatic rings. The molecule has 0 amide bonds. The van der Waals surface area contributed by atoms with Gasteiger partial charge in [0.2, 0.25) is 0 Å². The number of piperidine rings is 1. The number of nitrogens with zero attached hydrogens (tertiary/aromatic N) is 2. The molecule has 1 atom stereocenters. The van der Waals surface area contributed by atoms with E-state index in [9.17, 15) is 0 Å². The second-order valence-electron chi connectivity index (χ2n) is 8.45. The zero-order valence-electron chi connectivity index (χ0n) is 16.7. The maximum Gasteiger partial charge on any atom is 0.0354 e. The Bertz CT molecular complexity index is 918. The van der Waals surface area contributed by atoms with Crippen molar-refractivity contribution in [1.29, 1.82) is 0 Å². The van der Waals surface area contributed by atoms with Crippen LogP contribution in [0.25, 0.3) is 10.8 Å². The lowest BCUT2D eigenvalue weighted by atomic mass is 9.91. The molecule has 1 unspecified atom stereocenters. The maximum atomic E-state index is 2.76. The van der Waals surface area contributed by atoms with Gasteiger partial charge in [0.1, 0.15) is 0 Å². The summed E-state index contributed by atoms with van der Waals surface area (Å²) in [4.78, 5) is 5.37. The van der Waals surface area contributed by atoms with Gasteiger partial charge in [-0.2, -0.15) is 0 Å². The summed E-state index contributed by atoms with van der Waals surface area (Å²) < 4.78 is 0. The van der Waals surface area contributed by atoms with Crippen molar-refractivity contribution in [3.63, 3.8) is 0 Å². The van der Waals surface area contributed by atoms with Crippen LogP contribution in [-0.4, -0.2) is 29.4 Å². The average molecular weight is 371 g/mol. The zero-order chi connectivity index (χ0) is 18.8. The summed E-state index contributed by atoms with van der Waals surface area (Å²) >= 11 is 0. The second-order valence-corrected chi connectivity index (χ2v) is 8.45. The first-order chi connectivity index (χ1) is 13.9. The molecule has 2 heteroatoms. The number of fused-ring (bicyclic) bond motifs is 2. The van der Waals surface area contributed by atoms with Gasteiger partial charge in [0.15, 0.2) is 0 Å². The summed E-state index contributed by atoms with van der Waals surface area (Å²) in [5, 5.41) is 2.82. The van der Waals surface area contributed by atoms with Crippen LogP contribution in [0.15, 0.2) is 66.7 Å². The number of rotatable bonds is 5. The van der Waals surface area contributed by atoms with Crippen molar-refractivity contribution in [3.05, 3.63) is 83.4 Å². The van der Waals surface area contributed by atoms with Crippen molar-refractivity contribution in [2.45, 2.75) is 44.8 Å². The summed E-state index contributed by atoms with van der Waals surface area (Å²) in [5.41, 5.74) is 4.58. The Hall–Kier alpha value is -2.16. The monoisotopic (exact) mass is 370 g/mol. The van der Waals surface area contributed by atoms with Crippen LogP contribution >= 0.6 is 0 Å². The molecule has 3 aromatic carbocycles. The number of benzene rings is 3. The van der Waals surface area contributed by atoms with E-state index < -0.39 is 0 Å². The molecule has 0 bridgehead atoms. The van der Waals surface area contributed by atoms with Crippen molar-refractivity contribution >= 4 is 10.8 Å². The third-order valence-corrected chi connectivity index (χ3v) is 6.62. The van der Waals surface area contributed by atoms with Crippen molar-refractivity contribution in [2.75, 3.05) is 19.6 Å². The van der Waals surface area contributed by atoms with E-state index in [0.717, 1.165) is 13.1 Å². The van der Waals surface area contributed by atoms with Crippen LogP contribution in [0.2, 0.25) is 0 Å². The molecule has 0 aromatic heterocycles. The molecule has 144 valence electrons. The highest BCUT2D eigenvalue weighted by atomic mass is 15.2. The van der Waals surface area contributed by atoms with E-state index in [0.29, 0.717) is 6.04 Å². The Kier molecular flexibility index (Phi) is 5.16. The van der Waals surface area contributed by atoms with Crippen molar-refractivity contribution in [1.82, 2.24) is 9.80 Å². The SMILES string of the molecule is c1ccc2c(c1)CN(CCCN1CCCCC1c1cccc3ccccc13)C2. The quantitative estimate of drug-likeness (QED) is 0.562. The highest BCUT2D eigenvalue weighted by molar-refractivity contribution is 5.86. The van der Waals surface area contributed by atoms with Gasteiger partial charge in [-0.05, 0) is 59.8 Å². The van der Waals surface area contributed by atoms with E-state index in [1.165, 1.54) is 72.8 Å². The van der Waals surface area contributed by atoms with E-state index in [-0.39, 0.29) is 0 Å². The fraction of sp³-hybridized carbons (Fsp3) is 0.385. The van der Waals surface area contributed by atoms with Crippen LogP contribution in [0.1, 0.15) is 48.4 Å². The number of likely N-dealkylation sites (tertiary alicyclic amines) is 1. The fourth-order valence-corrected chi connectivity index (χ4v) is 5.21. The highest BCUT2D eigenvalue weighted by Crippen LogP contribution is 2.35. The lowest BCUT2D eigenvalue weighted by molar-refractivity contribution is 0.139. The molecule has 1 saturated heterocycles. The normalized spacial score (nSPS) is 20.5. The molecule has 0 saturated carbocycles. The third-order valence-electron chi connectivity index (χ3n) is 6.62. The summed E-state index contributed by atoms with van der Waals surface area (Å²) in [6, 6.07) is 25.2. The van der Waals surface area contributed by atoms with Gasteiger partial charge < -0.3 is 0 Å². The van der Waals surface area contributed by atoms with Gasteiger partial charge in [0.05, 0.1) is 0 Å². The Morgan fingerprint density at radius 1 is 0.750 bits per heavy atom. The largest absolute Gasteiger partial charge is 0.296 e. The van der Waals surface area contributed by atoms with Crippen LogP contribution in [0.4, 0.5) is 0 Å². The molecule has 2 aliphatic heterocycles. The minimum atomic E-state index is 0.579. The minimum absolute atomic E-state index is 0.579. The molecule has 2 aliphatic rings. The molecule has 1 fully saturated rings. The molecular formula is C26H30N2. The van der Waals surface area contributed by atoms with Gasteiger partial charge in [-0.1, -0.05) is 73.2 Å². The molecule has 2 nitrogen and oxygen atoms in total. The van der Waals surface area contributed by atoms with Gasteiger partial charge in [0, 0.05) is 25.7 Å². The van der Waals surface area contributed by atoms with Gasteiger partial charge >= 0.3 is 0 Å². The van der Waals surface area contributed by atoms with Crippen molar-refractivity contribution in [2.24, 2.45) is 0 Å². The molecule has 5 rings (SSSR count). The smallest absolute Gasteiger partial charge is 0.0354 e. The number of hydrogen-bond acceptors (Lipinski definition) is 2. The predicted octanol–water partition coefficient (Wildman–Crippen LogP) is 5.77. The van der Waals surface area contributed by atoms with E-state index in [4.69, 9.17) is 0 Å². The molecule has 0 spiro atoms. The predicted molar refractivity (Wildman–Crippen MR) is 117 cm³/mol. The summed E-state index contributed by atoms with van der Waals surface area (Å²) in [5.74, 6) is 0. The van der Waals surface area contributed by atoms with Crippen LogP contribution in [0, 0.1) is 0 Å². The standard InChI is InChI=1S/C26H30N2/c1-2-11-23-20-27(19-22(23)10-1)16-8-18-28-17-6-5-15-26(28)25-14-7-12-21-9-3-4-13-24(21)25/h1-4,7,9-14,26H,5-6,8,15-20H2. The Balaban J connectivity index is 1.25. The Morgan fingerprint density at radius 2 is 1.50 bits per heavy atom. The van der Waals surface area contributed by atoms with Crippen molar-refractivity contribution < 1.29 is 0 Å². The first-order valence-corrected chi connectivity index (χ1v) is 10.9. The molecular weight excluding hydrogens is 340 g/mol. The lowest BCUT2D eigenvalue weighted by Gasteiger charge is -2.37. The van der Waals surface area contributed by atoms with E-state index in [1.807, 2.05) is 0 Å². The molecule has 0 N–H and O–H groups in total. The van der Waals surface area contributed by atoms with Crippen LogP contribution < -0.4 is 0 Å². The van der Waals surface area contributed by atoms with Crippen LogP contribution in [0.5, 0.6) is 0 Å². The topological polar surface area (TPSA) is 6.48 Å². The summed E-state index contributed by atoms with van der Waals surface area (Å²) in [7, 11) is 0. The van der Waals surface area contributed by atoms with Crippen LogP contribution in [0.3, 0.4) is 0 Å². The van der Waals surface area contributed by atoms with Gasteiger partial charge in [-0.25, -0.2) is 0 Å². The first-order valence-electron chi connectivity index (χ1n) is 10.9. The third kappa shape index (κ3) is 3.59. The lowest BCUT2D eigenvalue weighted by Crippen LogP contribution is -2.35. The first kappa shape index (κ1) is 17.9. The highest BCUT2D eigenvalue weighted by Gasteiger charge is 2.25. The zero-order valence-corrected chi connectivity index (χ0v) is 16.7. The van der Waals surface area contributed by atoms with E-state index in [1.54, 1.807) is 0 Å². The summed E-state index contributed by atoms with van der Waals surface area (Å²) in [6.07, 6.45) is 5.25. The molecule has 28 heavy (non-hydrogen) atoms. The average Bonchev–Trinajstić information content (AvgIpc) is 3.17. The molecule has 0 aliphatic carbocycles. The van der Waals surface area contributed by atoms with Gasteiger partial charge in [-0.15, -0.1) is 0 Å². The Labute approximate surface area is 168 Å². The van der Waals surface area contributed by atoms with Gasteiger partial charge in [-0.3, -0.25) is 9.80 Å². The fourth-order valence-electron chi connectivity index (χ4n) is 5.21. The maximum absolute atomic E-state index is 2.76. The number of hydrogen-bond donors (Lipinski definition) is 0. The van der Waals surface area contributed by atoms with E-state index in [2.05, 4.69) is 76.5 Å². The van der Waals surface area contributed by atoms with Crippen molar-refractivity contribution in [3.8, 4) is 0 Å². The summed E-state index contributed by atoms with van der Waals surface area (Å²) in [6.45, 7) is 5.91. The Morgan fingerprint density at radius 3 is 2.36 bits per heavy atom. The molecule has 2 heterocycles. The second kappa shape index (κ2) is 8.06.